The second kappa shape index (κ2) is 9.01. The summed E-state index contributed by atoms with van der Waals surface area (Å²) in [5.74, 6) is -2.40. The van der Waals surface area contributed by atoms with Gasteiger partial charge in [0.15, 0.2) is 11.5 Å². The highest BCUT2D eigenvalue weighted by Crippen LogP contribution is 2.44. The van der Waals surface area contributed by atoms with Gasteiger partial charge < -0.3 is 14.3 Å². The van der Waals surface area contributed by atoms with Crippen molar-refractivity contribution in [2.24, 2.45) is 0 Å². The minimum Gasteiger partial charge on any atom is -0.503 e. The lowest BCUT2D eigenvalue weighted by atomic mass is 9.94. The molecule has 0 saturated heterocycles. The van der Waals surface area contributed by atoms with Crippen LogP contribution in [0.4, 0.5) is 18.9 Å². The van der Waals surface area contributed by atoms with E-state index in [2.05, 4.69) is 0 Å². The third kappa shape index (κ3) is 4.31. The molecule has 0 spiro atoms. The number of aliphatic hydroxyl groups is 1. The maximum atomic E-state index is 13.6. The van der Waals surface area contributed by atoms with Gasteiger partial charge in [0.2, 0.25) is 5.78 Å². The number of methoxy groups -OCH3 is 1. The Morgan fingerprint density at radius 3 is 2.46 bits per heavy atom. The number of hydrogen-bond acceptors (Lipinski definition) is 5. The highest BCUT2D eigenvalue weighted by molar-refractivity contribution is 6.31. The highest BCUT2D eigenvalue weighted by Gasteiger charge is 2.46. The number of carbonyl (C=O) groups is 2. The van der Waals surface area contributed by atoms with E-state index in [-0.39, 0.29) is 17.0 Å². The molecule has 0 saturated carbocycles. The molecule has 4 aromatic rings. The summed E-state index contributed by atoms with van der Waals surface area (Å²) in [6, 6.07) is 15.3. The van der Waals surface area contributed by atoms with E-state index in [4.69, 9.17) is 20.8 Å². The summed E-state index contributed by atoms with van der Waals surface area (Å²) < 4.78 is 51.1. The molecule has 0 radical (unpaired) electrons. The number of amides is 1. The predicted molar refractivity (Wildman–Crippen MR) is 130 cm³/mol. The zero-order valence-electron chi connectivity index (χ0n) is 19.0. The van der Waals surface area contributed by atoms with Crippen molar-refractivity contribution in [2.75, 3.05) is 12.0 Å². The van der Waals surface area contributed by atoms with E-state index in [1.807, 2.05) is 0 Å². The maximum absolute atomic E-state index is 13.6. The molecule has 0 aliphatic carbocycles. The molecular weight excluding hydrogens is 511 g/mol. The van der Waals surface area contributed by atoms with Crippen molar-refractivity contribution in [3.05, 3.63) is 106 Å². The summed E-state index contributed by atoms with van der Waals surface area (Å²) in [5.41, 5.74) is -0.755. The Morgan fingerprint density at radius 1 is 1.05 bits per heavy atom. The lowest BCUT2D eigenvalue weighted by Gasteiger charge is -2.27. The minimum atomic E-state index is -4.67. The molecule has 188 valence electrons. The number of ketones is 1. The molecule has 1 amide bonds. The van der Waals surface area contributed by atoms with Crippen LogP contribution >= 0.6 is 11.6 Å². The van der Waals surface area contributed by atoms with Crippen LogP contribution in [0.1, 0.15) is 27.7 Å². The molecule has 6 nitrogen and oxygen atoms in total. The van der Waals surface area contributed by atoms with Crippen LogP contribution in [0.5, 0.6) is 5.75 Å². The van der Waals surface area contributed by atoms with Crippen molar-refractivity contribution < 1.29 is 37.0 Å². The van der Waals surface area contributed by atoms with Crippen LogP contribution in [0.3, 0.4) is 0 Å². The molecule has 0 fully saturated rings. The number of fused-ring (bicyclic) bond motifs is 1. The molecule has 1 aliphatic heterocycles. The molecule has 0 bridgehead atoms. The summed E-state index contributed by atoms with van der Waals surface area (Å²) in [4.78, 5) is 27.8. The summed E-state index contributed by atoms with van der Waals surface area (Å²) in [7, 11) is 1.46. The van der Waals surface area contributed by atoms with Gasteiger partial charge in [-0.3, -0.25) is 14.5 Å². The SMILES string of the molecule is COc1ccc(C2C(C(=O)c3cc4cc(Cl)ccc4o3)=C(O)C(=O)N2c2cccc(C(F)(F)F)c2)cc1. The predicted octanol–water partition coefficient (Wildman–Crippen LogP) is 6.90. The number of ether oxygens (including phenoxy) is 1. The molecule has 1 atom stereocenters. The summed E-state index contributed by atoms with van der Waals surface area (Å²) in [6.07, 6.45) is -4.67. The van der Waals surface area contributed by atoms with Gasteiger partial charge in [0.1, 0.15) is 11.3 Å². The van der Waals surface area contributed by atoms with Gasteiger partial charge in [-0.15, -0.1) is 0 Å². The number of rotatable bonds is 5. The van der Waals surface area contributed by atoms with Crippen molar-refractivity contribution >= 4 is 39.9 Å². The van der Waals surface area contributed by atoms with Crippen molar-refractivity contribution in [2.45, 2.75) is 12.2 Å². The number of furan rings is 1. The second-order valence-corrected chi connectivity index (χ2v) is 8.72. The van der Waals surface area contributed by atoms with Gasteiger partial charge in [-0.2, -0.15) is 13.2 Å². The third-order valence-electron chi connectivity index (χ3n) is 6.04. The molecule has 37 heavy (non-hydrogen) atoms. The lowest BCUT2D eigenvalue weighted by Crippen LogP contribution is -2.31. The Kier molecular flexibility index (Phi) is 5.95. The molecular formula is C27H17ClF3NO5. The van der Waals surface area contributed by atoms with E-state index >= 15 is 0 Å². The molecule has 1 aromatic heterocycles. The van der Waals surface area contributed by atoms with Crippen molar-refractivity contribution in [3.8, 4) is 5.75 Å². The largest absolute Gasteiger partial charge is 0.503 e. The van der Waals surface area contributed by atoms with Gasteiger partial charge in [0, 0.05) is 16.1 Å². The van der Waals surface area contributed by atoms with Crippen LogP contribution in [0, 0.1) is 0 Å². The number of hydrogen-bond donors (Lipinski definition) is 1. The lowest BCUT2D eigenvalue weighted by molar-refractivity contribution is -0.137. The van der Waals surface area contributed by atoms with E-state index in [0.29, 0.717) is 27.3 Å². The van der Waals surface area contributed by atoms with E-state index in [9.17, 15) is 27.9 Å². The molecule has 10 heteroatoms. The van der Waals surface area contributed by atoms with Gasteiger partial charge >= 0.3 is 6.18 Å². The van der Waals surface area contributed by atoms with Gasteiger partial charge in [0.25, 0.3) is 5.91 Å². The van der Waals surface area contributed by atoms with Crippen LogP contribution in [-0.2, 0) is 11.0 Å². The Bertz CT molecular complexity index is 1570. The first-order valence-corrected chi connectivity index (χ1v) is 11.3. The topological polar surface area (TPSA) is 80.0 Å². The number of aliphatic hydroxyl groups excluding tert-OH is 1. The van der Waals surface area contributed by atoms with Crippen molar-refractivity contribution in [1.29, 1.82) is 0 Å². The Hall–Kier alpha value is -4.24. The van der Waals surface area contributed by atoms with Gasteiger partial charge in [0.05, 0.1) is 24.3 Å². The second-order valence-electron chi connectivity index (χ2n) is 8.28. The van der Waals surface area contributed by atoms with E-state index in [1.54, 1.807) is 42.5 Å². The molecule has 3 aromatic carbocycles. The van der Waals surface area contributed by atoms with Crippen LogP contribution < -0.4 is 9.64 Å². The van der Waals surface area contributed by atoms with Crippen LogP contribution in [0.15, 0.2) is 88.5 Å². The third-order valence-corrected chi connectivity index (χ3v) is 6.27. The van der Waals surface area contributed by atoms with Gasteiger partial charge in [-0.1, -0.05) is 29.8 Å². The molecule has 5 rings (SSSR count). The fraction of sp³-hybridized carbons (Fsp3) is 0.111. The summed E-state index contributed by atoms with van der Waals surface area (Å²) >= 11 is 6.02. The Morgan fingerprint density at radius 2 is 1.78 bits per heavy atom. The quantitative estimate of drug-likeness (QED) is 0.286. The summed E-state index contributed by atoms with van der Waals surface area (Å²) in [5, 5.41) is 11.8. The Balaban J connectivity index is 1.66. The average molecular weight is 528 g/mol. The maximum Gasteiger partial charge on any atom is 0.416 e. The smallest absolute Gasteiger partial charge is 0.416 e. The van der Waals surface area contributed by atoms with Crippen LogP contribution in [-0.4, -0.2) is 23.9 Å². The van der Waals surface area contributed by atoms with Gasteiger partial charge in [-0.05, 0) is 60.2 Å². The fourth-order valence-corrected chi connectivity index (χ4v) is 4.48. The average Bonchev–Trinajstić information content (AvgIpc) is 3.41. The zero-order chi connectivity index (χ0) is 26.5. The van der Waals surface area contributed by atoms with Crippen molar-refractivity contribution in [1.82, 2.24) is 0 Å². The van der Waals surface area contributed by atoms with E-state index in [1.165, 1.54) is 19.2 Å². The fourth-order valence-electron chi connectivity index (χ4n) is 4.30. The summed E-state index contributed by atoms with van der Waals surface area (Å²) in [6.45, 7) is 0. The minimum absolute atomic E-state index is 0.147. The molecule has 1 unspecified atom stereocenters. The van der Waals surface area contributed by atoms with Crippen molar-refractivity contribution in [3.63, 3.8) is 0 Å². The van der Waals surface area contributed by atoms with Crippen LogP contribution in [0.2, 0.25) is 5.02 Å². The Labute approximate surface area is 213 Å². The highest BCUT2D eigenvalue weighted by atomic mass is 35.5. The molecule has 1 aliphatic rings. The first-order valence-electron chi connectivity index (χ1n) is 10.9. The van der Waals surface area contributed by atoms with E-state index in [0.717, 1.165) is 23.1 Å². The van der Waals surface area contributed by atoms with Crippen LogP contribution in [0.25, 0.3) is 11.0 Å². The number of anilines is 1. The first kappa shape index (κ1) is 24.5. The number of carbonyl (C=O) groups excluding carboxylic acids is 2. The number of alkyl halides is 3. The zero-order valence-corrected chi connectivity index (χ0v) is 19.8. The standard InChI is InChI=1S/C27H17ClF3NO5/c1-36-19-8-5-14(6-9-19)23-22(24(33)21-12-15-11-17(28)7-10-20(15)37-21)25(34)26(35)32(23)18-4-2-3-16(13-18)27(29,30)31/h2-13,23,34H,1H3. The number of nitrogens with zero attached hydrogens (tertiary/aromatic N) is 1. The monoisotopic (exact) mass is 527 g/mol. The first-order chi connectivity index (χ1) is 17.6. The molecule has 2 heterocycles. The number of halogens is 4. The molecule has 1 N–H and O–H groups in total. The van der Waals surface area contributed by atoms with Gasteiger partial charge in [-0.25, -0.2) is 0 Å². The number of Topliss-reactive ketones (excluding diaryl/α,β-unsaturated/α-hetero) is 1. The van der Waals surface area contributed by atoms with E-state index < -0.39 is 35.2 Å². The normalized spacial score (nSPS) is 16.1. The number of benzene rings is 3.